The highest BCUT2D eigenvalue weighted by atomic mass is 127. The number of hydrogen-bond acceptors (Lipinski definition) is 1. The smallest absolute Gasteiger partial charge is 0.124 e. The van der Waals surface area contributed by atoms with E-state index in [0.717, 1.165) is 6.42 Å². The zero-order valence-electron chi connectivity index (χ0n) is 4.86. The first-order chi connectivity index (χ1) is 3.81. The van der Waals surface area contributed by atoms with Gasteiger partial charge in [0, 0.05) is 0 Å². The van der Waals surface area contributed by atoms with E-state index in [0.29, 0.717) is 6.42 Å². The van der Waals surface area contributed by atoms with Crippen LogP contribution in [0.3, 0.4) is 0 Å². The van der Waals surface area contributed by atoms with Gasteiger partial charge in [-0.1, -0.05) is 13.3 Å². The molecule has 0 fully saturated rings. The SMILES string of the molecule is CCCC(F)COI. The van der Waals surface area contributed by atoms with E-state index >= 15 is 0 Å². The maximum Gasteiger partial charge on any atom is 0.124 e. The molecule has 1 nitrogen and oxygen atoms in total. The molecule has 0 rings (SSSR count). The Morgan fingerprint density at radius 2 is 2.38 bits per heavy atom. The van der Waals surface area contributed by atoms with Gasteiger partial charge in [0.25, 0.3) is 0 Å². The van der Waals surface area contributed by atoms with Crippen molar-refractivity contribution in [2.75, 3.05) is 6.61 Å². The molecule has 0 amide bonds. The number of alkyl halides is 1. The third-order valence-corrected chi connectivity index (χ3v) is 1.21. The summed E-state index contributed by atoms with van der Waals surface area (Å²) in [7, 11) is 0. The van der Waals surface area contributed by atoms with Gasteiger partial charge in [-0.15, -0.1) is 0 Å². The molecule has 1 atom stereocenters. The summed E-state index contributed by atoms with van der Waals surface area (Å²) in [5.41, 5.74) is 0. The first-order valence-corrected chi connectivity index (χ1v) is 3.57. The fourth-order valence-corrected chi connectivity index (χ4v) is 0.855. The highest BCUT2D eigenvalue weighted by Gasteiger charge is 2.02. The Morgan fingerprint density at radius 3 is 2.75 bits per heavy atom. The predicted octanol–water partition coefficient (Wildman–Crippen LogP) is 2.49. The number of hydrogen-bond donors (Lipinski definition) is 0. The number of rotatable bonds is 4. The Morgan fingerprint density at radius 1 is 1.75 bits per heavy atom. The quantitative estimate of drug-likeness (QED) is 0.676. The van der Waals surface area contributed by atoms with E-state index in [1.165, 1.54) is 0 Å². The maximum absolute atomic E-state index is 12.3. The van der Waals surface area contributed by atoms with E-state index < -0.39 is 6.17 Å². The molecule has 0 spiro atoms. The highest BCUT2D eigenvalue weighted by Crippen LogP contribution is 2.02. The lowest BCUT2D eigenvalue weighted by molar-refractivity contribution is 0.226. The molecule has 0 bridgehead atoms. The molecular formula is C5H10FIO. The van der Waals surface area contributed by atoms with Gasteiger partial charge in [0.05, 0.1) is 6.61 Å². The Bertz CT molecular complexity index is 45.7. The predicted molar refractivity (Wildman–Crippen MR) is 39.8 cm³/mol. The fraction of sp³-hybridized carbons (Fsp3) is 1.00. The second-order valence-corrected chi connectivity index (χ2v) is 2.28. The summed E-state index contributed by atoms with van der Waals surface area (Å²) >= 11 is 1.70. The molecule has 1 unspecified atom stereocenters. The van der Waals surface area contributed by atoms with Crippen molar-refractivity contribution in [2.24, 2.45) is 0 Å². The highest BCUT2D eigenvalue weighted by molar-refractivity contribution is 14.1. The molecule has 0 aliphatic rings. The van der Waals surface area contributed by atoms with Crippen molar-refractivity contribution in [1.29, 1.82) is 0 Å². The Hall–Kier alpha value is 0.620. The molecule has 50 valence electrons. The van der Waals surface area contributed by atoms with E-state index in [1.54, 1.807) is 23.0 Å². The second kappa shape index (κ2) is 5.75. The van der Waals surface area contributed by atoms with Crippen molar-refractivity contribution in [3.8, 4) is 0 Å². The van der Waals surface area contributed by atoms with Crippen molar-refractivity contribution < 1.29 is 7.46 Å². The summed E-state index contributed by atoms with van der Waals surface area (Å²) in [6.45, 7) is 2.19. The standard InChI is InChI=1S/C5H10FIO/c1-2-3-5(6)4-8-7/h5H,2-4H2,1H3. The summed E-state index contributed by atoms with van der Waals surface area (Å²) in [5.74, 6) is 0. The average Bonchev–Trinajstić information content (AvgIpc) is 1.68. The van der Waals surface area contributed by atoms with Crippen molar-refractivity contribution in [2.45, 2.75) is 25.9 Å². The van der Waals surface area contributed by atoms with Crippen LogP contribution < -0.4 is 0 Å². The van der Waals surface area contributed by atoms with Crippen LogP contribution in [-0.4, -0.2) is 12.8 Å². The van der Waals surface area contributed by atoms with Crippen molar-refractivity contribution in [3.63, 3.8) is 0 Å². The third-order valence-electron chi connectivity index (χ3n) is 0.846. The molecule has 0 heterocycles. The molecule has 0 aromatic rings. The van der Waals surface area contributed by atoms with Gasteiger partial charge in [0.2, 0.25) is 0 Å². The Labute approximate surface area is 63.3 Å². The van der Waals surface area contributed by atoms with Crippen LogP contribution in [0.1, 0.15) is 19.8 Å². The second-order valence-electron chi connectivity index (χ2n) is 1.66. The van der Waals surface area contributed by atoms with Crippen molar-refractivity contribution >= 4 is 23.0 Å². The topological polar surface area (TPSA) is 9.23 Å². The van der Waals surface area contributed by atoms with E-state index in [4.69, 9.17) is 0 Å². The molecule has 0 N–H and O–H groups in total. The van der Waals surface area contributed by atoms with Gasteiger partial charge >= 0.3 is 0 Å². The van der Waals surface area contributed by atoms with Gasteiger partial charge in [-0.3, -0.25) is 0 Å². The van der Waals surface area contributed by atoms with Crippen LogP contribution in [-0.2, 0) is 3.07 Å². The van der Waals surface area contributed by atoms with Crippen LogP contribution >= 0.6 is 23.0 Å². The molecule has 0 aromatic heterocycles. The molecule has 0 radical (unpaired) electrons. The summed E-state index contributed by atoms with van der Waals surface area (Å²) in [5, 5.41) is 0. The minimum atomic E-state index is -0.767. The van der Waals surface area contributed by atoms with Crippen LogP contribution in [0.5, 0.6) is 0 Å². The van der Waals surface area contributed by atoms with Gasteiger partial charge in [-0.2, -0.15) is 0 Å². The normalized spacial score (nSPS) is 13.9. The third kappa shape index (κ3) is 4.77. The van der Waals surface area contributed by atoms with E-state index in [2.05, 4.69) is 3.07 Å². The summed E-state index contributed by atoms with van der Waals surface area (Å²) in [4.78, 5) is 0. The minimum absolute atomic E-state index is 0.231. The number of halogens is 2. The summed E-state index contributed by atoms with van der Waals surface area (Å²) in [6.07, 6.45) is 0.737. The molecule has 0 aliphatic heterocycles. The van der Waals surface area contributed by atoms with Gasteiger partial charge in [0.15, 0.2) is 0 Å². The van der Waals surface area contributed by atoms with Crippen molar-refractivity contribution in [3.05, 3.63) is 0 Å². The van der Waals surface area contributed by atoms with Gasteiger partial charge in [0.1, 0.15) is 29.2 Å². The largest absolute Gasteiger partial charge is 0.313 e. The van der Waals surface area contributed by atoms with Crippen molar-refractivity contribution in [1.82, 2.24) is 0 Å². The van der Waals surface area contributed by atoms with Crippen LogP contribution in [0.4, 0.5) is 4.39 Å². The van der Waals surface area contributed by atoms with Crippen LogP contribution in [0.25, 0.3) is 0 Å². The Balaban J connectivity index is 2.92. The average molecular weight is 232 g/mol. The maximum atomic E-state index is 12.3. The van der Waals surface area contributed by atoms with E-state index in [-0.39, 0.29) is 6.61 Å². The van der Waals surface area contributed by atoms with Crippen LogP contribution in [0.15, 0.2) is 0 Å². The molecule has 3 heteroatoms. The lowest BCUT2D eigenvalue weighted by Gasteiger charge is -2.00. The molecule has 0 saturated carbocycles. The lowest BCUT2D eigenvalue weighted by Crippen LogP contribution is -2.04. The van der Waals surface area contributed by atoms with Gasteiger partial charge < -0.3 is 3.07 Å². The monoisotopic (exact) mass is 232 g/mol. The summed E-state index contributed by atoms with van der Waals surface area (Å²) in [6, 6.07) is 0. The Kier molecular flexibility index (Phi) is 6.20. The molecule has 0 aliphatic carbocycles. The summed E-state index contributed by atoms with van der Waals surface area (Å²) < 4.78 is 16.8. The molecule has 0 aromatic carbocycles. The lowest BCUT2D eigenvalue weighted by atomic mass is 10.2. The molecule has 8 heavy (non-hydrogen) atoms. The van der Waals surface area contributed by atoms with E-state index in [1.807, 2.05) is 6.92 Å². The molecule has 0 saturated heterocycles. The zero-order valence-corrected chi connectivity index (χ0v) is 7.02. The first kappa shape index (κ1) is 8.62. The van der Waals surface area contributed by atoms with Crippen LogP contribution in [0, 0.1) is 0 Å². The molecular weight excluding hydrogens is 222 g/mol. The first-order valence-electron chi connectivity index (χ1n) is 2.68. The van der Waals surface area contributed by atoms with Gasteiger partial charge in [-0.25, -0.2) is 4.39 Å². The minimum Gasteiger partial charge on any atom is -0.313 e. The van der Waals surface area contributed by atoms with E-state index in [9.17, 15) is 4.39 Å². The van der Waals surface area contributed by atoms with Crippen LogP contribution in [0.2, 0.25) is 0 Å². The van der Waals surface area contributed by atoms with Gasteiger partial charge in [-0.05, 0) is 6.42 Å². The fourth-order valence-electron chi connectivity index (χ4n) is 0.465. The zero-order chi connectivity index (χ0) is 6.41.